The molecule has 8 nitrogen and oxygen atoms in total. The number of hydrogen-bond acceptors (Lipinski definition) is 7. The number of rotatable bonds is 8. The Kier molecular flexibility index (Phi) is 7.33. The fourth-order valence-electron chi connectivity index (χ4n) is 4.42. The van der Waals surface area contributed by atoms with E-state index in [0.717, 1.165) is 21.8 Å². The number of amides is 2. The molecule has 1 saturated carbocycles. The highest BCUT2D eigenvalue weighted by Crippen LogP contribution is 2.38. The zero-order chi connectivity index (χ0) is 27.3. The molecule has 37 heavy (non-hydrogen) atoms. The maximum absolute atomic E-state index is 14.1. The van der Waals surface area contributed by atoms with Gasteiger partial charge in [0.25, 0.3) is 17.7 Å². The molecule has 0 unspecified atom stereocenters. The summed E-state index contributed by atoms with van der Waals surface area (Å²) in [6.45, 7) is 9.69. The number of carbonyl (C=O) groups is 2. The maximum Gasteiger partial charge on any atom is 0.280 e. The van der Waals surface area contributed by atoms with Gasteiger partial charge in [0.05, 0.1) is 23.1 Å². The molecule has 3 N–H and O–H groups in total. The number of halogens is 2. The predicted octanol–water partition coefficient (Wildman–Crippen LogP) is 4.48. The lowest BCUT2D eigenvalue weighted by Gasteiger charge is -2.26. The van der Waals surface area contributed by atoms with Gasteiger partial charge in [-0.15, -0.1) is 11.3 Å². The van der Waals surface area contributed by atoms with Crippen LogP contribution in [-0.4, -0.2) is 68.0 Å². The molecule has 3 heterocycles. The summed E-state index contributed by atoms with van der Waals surface area (Å²) in [5, 5.41) is 16.3. The van der Waals surface area contributed by atoms with E-state index in [9.17, 15) is 23.5 Å². The first-order valence-corrected chi connectivity index (χ1v) is 13.4. The number of thiazole rings is 1. The summed E-state index contributed by atoms with van der Waals surface area (Å²) in [6, 6.07) is 0.917. The molecule has 1 aliphatic carbocycles. The minimum absolute atomic E-state index is 0.0111. The molecular formula is C26H35F2N5O3S. The van der Waals surface area contributed by atoms with Gasteiger partial charge in [0, 0.05) is 30.3 Å². The van der Waals surface area contributed by atoms with Crippen molar-refractivity contribution in [1.82, 2.24) is 20.2 Å². The van der Waals surface area contributed by atoms with E-state index in [1.807, 2.05) is 13.0 Å². The monoisotopic (exact) mass is 535 g/mol. The highest BCUT2D eigenvalue weighted by atomic mass is 32.1. The molecule has 1 saturated heterocycles. The van der Waals surface area contributed by atoms with Crippen LogP contribution in [0.4, 0.5) is 14.6 Å². The minimum atomic E-state index is -2.98. The zero-order valence-electron chi connectivity index (χ0n) is 22.1. The van der Waals surface area contributed by atoms with Crippen LogP contribution < -0.4 is 10.6 Å². The summed E-state index contributed by atoms with van der Waals surface area (Å²) in [6.07, 6.45) is 3.60. The summed E-state index contributed by atoms with van der Waals surface area (Å²) < 4.78 is 28.2. The molecule has 0 bridgehead atoms. The molecule has 2 aliphatic rings. The van der Waals surface area contributed by atoms with Gasteiger partial charge >= 0.3 is 0 Å². The quantitative estimate of drug-likeness (QED) is 0.460. The third-order valence-corrected chi connectivity index (χ3v) is 8.37. The van der Waals surface area contributed by atoms with E-state index in [1.54, 1.807) is 33.9 Å². The van der Waals surface area contributed by atoms with Crippen LogP contribution >= 0.6 is 11.3 Å². The molecule has 3 atom stereocenters. The van der Waals surface area contributed by atoms with Crippen molar-refractivity contribution in [1.29, 1.82) is 0 Å². The lowest BCUT2D eigenvalue weighted by atomic mass is 10.0. The number of aryl methyl sites for hydroxylation is 1. The second kappa shape index (κ2) is 9.90. The number of hydrogen-bond donors (Lipinski definition) is 3. The first-order chi connectivity index (χ1) is 17.2. The fourth-order valence-corrected chi connectivity index (χ4v) is 5.45. The van der Waals surface area contributed by atoms with Crippen LogP contribution in [0, 0.1) is 12.8 Å². The first kappa shape index (κ1) is 27.4. The maximum atomic E-state index is 14.1. The van der Waals surface area contributed by atoms with Crippen LogP contribution in [0.2, 0.25) is 0 Å². The Balaban J connectivity index is 1.69. The zero-order valence-corrected chi connectivity index (χ0v) is 22.9. The van der Waals surface area contributed by atoms with Crippen molar-refractivity contribution in [2.45, 2.75) is 90.5 Å². The van der Waals surface area contributed by atoms with Crippen LogP contribution in [0.1, 0.15) is 79.7 Å². The van der Waals surface area contributed by atoms with E-state index in [0.29, 0.717) is 28.2 Å². The summed E-state index contributed by atoms with van der Waals surface area (Å²) in [7, 11) is 0. The highest BCUT2D eigenvalue weighted by molar-refractivity contribution is 7.17. The van der Waals surface area contributed by atoms with Gasteiger partial charge in [-0.2, -0.15) is 0 Å². The van der Waals surface area contributed by atoms with Gasteiger partial charge in [-0.1, -0.05) is 0 Å². The molecule has 11 heteroatoms. The lowest BCUT2D eigenvalue weighted by molar-refractivity contribution is 0.0118. The van der Waals surface area contributed by atoms with Crippen molar-refractivity contribution in [2.24, 2.45) is 5.92 Å². The largest absolute Gasteiger partial charge is 0.388 e. The molecule has 2 aromatic heterocycles. The van der Waals surface area contributed by atoms with Crippen molar-refractivity contribution in [3.8, 4) is 10.4 Å². The first-order valence-electron chi connectivity index (χ1n) is 12.6. The van der Waals surface area contributed by atoms with Gasteiger partial charge in [-0.25, -0.2) is 18.7 Å². The molecule has 4 rings (SSSR count). The van der Waals surface area contributed by atoms with E-state index >= 15 is 0 Å². The van der Waals surface area contributed by atoms with E-state index in [-0.39, 0.29) is 10.7 Å². The smallest absolute Gasteiger partial charge is 0.280 e. The number of anilines is 1. The van der Waals surface area contributed by atoms with Gasteiger partial charge in [-0.3, -0.25) is 9.59 Å². The van der Waals surface area contributed by atoms with Crippen LogP contribution in [0.15, 0.2) is 12.3 Å². The second-order valence-corrected chi connectivity index (χ2v) is 12.0. The molecule has 2 amide bonds. The van der Waals surface area contributed by atoms with Crippen molar-refractivity contribution in [3.63, 3.8) is 0 Å². The van der Waals surface area contributed by atoms with Crippen molar-refractivity contribution >= 4 is 29.0 Å². The number of likely N-dealkylation sites (tertiary alicyclic amines) is 1. The molecule has 2 aromatic rings. The van der Waals surface area contributed by atoms with E-state index in [2.05, 4.69) is 27.5 Å². The average Bonchev–Trinajstić information content (AvgIpc) is 3.48. The van der Waals surface area contributed by atoms with Gasteiger partial charge in [0.15, 0.2) is 5.01 Å². The minimum Gasteiger partial charge on any atom is -0.388 e. The Morgan fingerprint density at radius 1 is 1.30 bits per heavy atom. The van der Waals surface area contributed by atoms with Gasteiger partial charge in [-0.05, 0) is 71.9 Å². The summed E-state index contributed by atoms with van der Waals surface area (Å²) in [5.41, 5.74) is 0.201. The van der Waals surface area contributed by atoms with E-state index < -0.39 is 48.4 Å². The van der Waals surface area contributed by atoms with Crippen molar-refractivity contribution in [2.75, 3.05) is 11.9 Å². The summed E-state index contributed by atoms with van der Waals surface area (Å²) in [4.78, 5) is 36.9. The normalized spacial score (nSPS) is 21.0. The number of nitrogens with one attached hydrogen (secondary N) is 2. The molecule has 2 fully saturated rings. The van der Waals surface area contributed by atoms with Gasteiger partial charge < -0.3 is 20.6 Å². The number of pyridine rings is 1. The predicted molar refractivity (Wildman–Crippen MR) is 139 cm³/mol. The third-order valence-electron chi connectivity index (χ3n) is 7.28. The van der Waals surface area contributed by atoms with Crippen LogP contribution in [0.25, 0.3) is 10.4 Å². The standard InChI is InChI=1S/C26H35F2N5O3S/c1-13-9-19(30-15(3)17-7-8-17)29-11-18(13)21-20(24(35)33-12-26(27,28)10-14(33)2)32-23(37-21)22(34)31-16(4)25(5,6)36/h9,11,14-17,36H,7-8,10,12H2,1-6H3,(H,29,30)(H,31,34)/t14-,15+,16-/m0/s1. The lowest BCUT2D eigenvalue weighted by Crippen LogP contribution is -2.47. The average molecular weight is 536 g/mol. The summed E-state index contributed by atoms with van der Waals surface area (Å²) in [5.74, 6) is -2.82. The second-order valence-electron chi connectivity index (χ2n) is 11.0. The molecule has 0 spiro atoms. The number of aromatic nitrogens is 2. The topological polar surface area (TPSA) is 107 Å². The molecule has 202 valence electrons. The van der Waals surface area contributed by atoms with E-state index in [4.69, 9.17) is 0 Å². The van der Waals surface area contributed by atoms with Crippen molar-refractivity contribution < 1.29 is 23.5 Å². The fraction of sp³-hybridized carbons (Fsp3) is 0.615. The van der Waals surface area contributed by atoms with Crippen molar-refractivity contribution in [3.05, 3.63) is 28.5 Å². The molecular weight excluding hydrogens is 500 g/mol. The molecule has 0 aromatic carbocycles. The van der Waals surface area contributed by atoms with Crippen LogP contribution in [-0.2, 0) is 0 Å². The van der Waals surface area contributed by atoms with Gasteiger partial charge in [0.2, 0.25) is 0 Å². The number of alkyl halides is 2. The number of carbonyl (C=O) groups excluding carboxylic acids is 2. The number of aliphatic hydroxyl groups is 1. The Hall–Kier alpha value is -2.66. The Labute approximate surface area is 219 Å². The Bertz CT molecular complexity index is 1190. The molecule has 0 radical (unpaired) electrons. The number of nitrogens with zero attached hydrogens (tertiary/aromatic N) is 3. The van der Waals surface area contributed by atoms with Crippen LogP contribution in [0.3, 0.4) is 0 Å². The van der Waals surface area contributed by atoms with Crippen LogP contribution in [0.5, 0.6) is 0 Å². The van der Waals surface area contributed by atoms with Gasteiger partial charge in [0.1, 0.15) is 11.5 Å². The third kappa shape index (κ3) is 6.09. The Morgan fingerprint density at radius 3 is 2.51 bits per heavy atom. The Morgan fingerprint density at radius 2 is 1.97 bits per heavy atom. The molecule has 1 aliphatic heterocycles. The summed E-state index contributed by atoms with van der Waals surface area (Å²) >= 11 is 1.01. The SMILES string of the molecule is Cc1cc(N[C@H](C)C2CC2)ncc1-c1sc(C(=O)N[C@@H](C)C(C)(C)O)nc1C(=O)N1CC(F)(F)C[C@@H]1C. The van der Waals surface area contributed by atoms with E-state index in [1.165, 1.54) is 12.8 Å². The highest BCUT2D eigenvalue weighted by Gasteiger charge is 2.46.